The molecule has 1 fully saturated rings. The maximum Gasteiger partial charge on any atom is 0.345 e. The van der Waals surface area contributed by atoms with Crippen LogP contribution in [0, 0.1) is 5.92 Å². The molecule has 2 heterocycles. The van der Waals surface area contributed by atoms with Gasteiger partial charge in [0.1, 0.15) is 5.56 Å². The van der Waals surface area contributed by atoms with Crippen LogP contribution in [-0.2, 0) is 9.53 Å². The predicted octanol–water partition coefficient (Wildman–Crippen LogP) is 1.44. The second-order valence-corrected chi connectivity index (χ2v) is 4.30. The first-order valence-corrected chi connectivity index (χ1v) is 6.19. The summed E-state index contributed by atoms with van der Waals surface area (Å²) in [6.07, 6.45) is 1.61. The first-order chi connectivity index (χ1) is 8.67. The summed E-state index contributed by atoms with van der Waals surface area (Å²) in [6, 6.07) is 0. The minimum atomic E-state index is -0.545. The topological polar surface area (TPSA) is 72.6 Å². The Morgan fingerprint density at radius 2 is 2.50 bits per heavy atom. The van der Waals surface area contributed by atoms with Gasteiger partial charge in [-0.3, -0.25) is 9.69 Å². The lowest BCUT2D eigenvalue weighted by Crippen LogP contribution is -2.26. The van der Waals surface area contributed by atoms with Gasteiger partial charge in [-0.25, -0.2) is 4.79 Å². The van der Waals surface area contributed by atoms with E-state index in [2.05, 4.69) is 5.16 Å². The molecule has 0 radical (unpaired) electrons. The van der Waals surface area contributed by atoms with Crippen LogP contribution in [0.5, 0.6) is 0 Å². The molecule has 7 heteroatoms. The van der Waals surface area contributed by atoms with Crippen LogP contribution in [0.2, 0.25) is 0 Å². The number of carbonyl (C=O) groups is 2. The molecule has 1 unspecified atom stereocenters. The highest BCUT2D eigenvalue weighted by molar-refractivity contribution is 6.18. The average Bonchev–Trinajstić information content (AvgIpc) is 2.94. The minimum absolute atomic E-state index is 0.0688. The van der Waals surface area contributed by atoms with Crippen molar-refractivity contribution in [3.8, 4) is 0 Å². The van der Waals surface area contributed by atoms with Gasteiger partial charge >= 0.3 is 5.97 Å². The van der Waals surface area contributed by atoms with Gasteiger partial charge in [-0.05, 0) is 12.8 Å². The molecule has 1 atom stereocenters. The molecule has 0 aromatic carbocycles. The molecule has 1 saturated heterocycles. The van der Waals surface area contributed by atoms with Crippen LogP contribution in [0.4, 0.5) is 5.88 Å². The van der Waals surface area contributed by atoms with Crippen molar-refractivity contribution < 1.29 is 18.8 Å². The average molecular weight is 273 g/mol. The SMILES string of the molecule is CCOC(=O)c1cnoc1N1CC(CCl)CC1=O. The van der Waals surface area contributed by atoms with Crippen molar-refractivity contribution >= 4 is 29.4 Å². The van der Waals surface area contributed by atoms with Crippen LogP contribution in [0.3, 0.4) is 0 Å². The smallest absolute Gasteiger partial charge is 0.345 e. The molecule has 1 aromatic rings. The highest BCUT2D eigenvalue weighted by Crippen LogP contribution is 2.28. The molecule has 1 aliphatic rings. The van der Waals surface area contributed by atoms with E-state index >= 15 is 0 Å². The molecule has 1 amide bonds. The van der Waals surface area contributed by atoms with Crippen molar-refractivity contribution in [2.24, 2.45) is 5.92 Å². The summed E-state index contributed by atoms with van der Waals surface area (Å²) in [7, 11) is 0. The summed E-state index contributed by atoms with van der Waals surface area (Å²) in [5, 5.41) is 3.55. The first kappa shape index (κ1) is 12.9. The molecule has 2 rings (SSSR count). The second kappa shape index (κ2) is 5.39. The van der Waals surface area contributed by atoms with Gasteiger partial charge in [-0.15, -0.1) is 11.6 Å². The zero-order valence-corrected chi connectivity index (χ0v) is 10.6. The monoisotopic (exact) mass is 272 g/mol. The molecule has 0 bridgehead atoms. The second-order valence-electron chi connectivity index (χ2n) is 3.99. The lowest BCUT2D eigenvalue weighted by Gasteiger charge is -2.13. The number of hydrogen-bond donors (Lipinski definition) is 0. The van der Waals surface area contributed by atoms with Gasteiger partial charge in [0.05, 0.1) is 12.8 Å². The number of nitrogens with zero attached hydrogens (tertiary/aromatic N) is 2. The third-order valence-electron chi connectivity index (χ3n) is 2.72. The number of aromatic nitrogens is 1. The summed E-state index contributed by atoms with van der Waals surface area (Å²) in [5.74, 6) is -0.0605. The van der Waals surface area contributed by atoms with Crippen LogP contribution >= 0.6 is 11.6 Å². The fraction of sp³-hybridized carbons (Fsp3) is 0.545. The van der Waals surface area contributed by atoms with Gasteiger partial charge in [0, 0.05) is 18.8 Å². The van der Waals surface area contributed by atoms with E-state index in [0.29, 0.717) is 18.8 Å². The van der Waals surface area contributed by atoms with Crippen LogP contribution in [0.15, 0.2) is 10.7 Å². The summed E-state index contributed by atoms with van der Waals surface area (Å²) in [4.78, 5) is 24.9. The molecule has 6 nitrogen and oxygen atoms in total. The van der Waals surface area contributed by atoms with E-state index in [0.717, 1.165) is 0 Å². The van der Waals surface area contributed by atoms with E-state index < -0.39 is 5.97 Å². The van der Waals surface area contributed by atoms with Gasteiger partial charge in [0.25, 0.3) is 0 Å². The maximum absolute atomic E-state index is 11.8. The molecule has 0 N–H and O–H groups in total. The van der Waals surface area contributed by atoms with Gasteiger partial charge in [0.2, 0.25) is 11.8 Å². The lowest BCUT2D eigenvalue weighted by atomic mass is 10.1. The summed E-state index contributed by atoms with van der Waals surface area (Å²) < 4.78 is 9.86. The lowest BCUT2D eigenvalue weighted by molar-refractivity contribution is -0.117. The van der Waals surface area contributed by atoms with E-state index in [1.54, 1.807) is 6.92 Å². The zero-order valence-electron chi connectivity index (χ0n) is 9.89. The fourth-order valence-electron chi connectivity index (χ4n) is 1.86. The van der Waals surface area contributed by atoms with Crippen molar-refractivity contribution in [3.05, 3.63) is 11.8 Å². The Morgan fingerprint density at radius 3 is 3.11 bits per heavy atom. The molecular weight excluding hydrogens is 260 g/mol. The minimum Gasteiger partial charge on any atom is -0.462 e. The van der Waals surface area contributed by atoms with Crippen molar-refractivity contribution in [3.63, 3.8) is 0 Å². The number of rotatable bonds is 4. The fourth-order valence-corrected chi connectivity index (χ4v) is 2.06. The van der Waals surface area contributed by atoms with E-state index in [9.17, 15) is 9.59 Å². The molecule has 0 saturated carbocycles. The number of carbonyl (C=O) groups excluding carboxylic acids is 2. The van der Waals surface area contributed by atoms with Crippen molar-refractivity contribution in [1.29, 1.82) is 0 Å². The number of halogens is 1. The molecule has 18 heavy (non-hydrogen) atoms. The molecule has 0 spiro atoms. The van der Waals surface area contributed by atoms with E-state index in [4.69, 9.17) is 20.9 Å². The largest absolute Gasteiger partial charge is 0.462 e. The number of anilines is 1. The number of alkyl halides is 1. The third kappa shape index (κ3) is 2.33. The molecule has 1 aliphatic heterocycles. The molecule has 1 aromatic heterocycles. The third-order valence-corrected chi connectivity index (χ3v) is 3.15. The summed E-state index contributed by atoms with van der Waals surface area (Å²) in [6.45, 7) is 2.39. The van der Waals surface area contributed by atoms with Crippen LogP contribution in [-0.4, -0.2) is 36.1 Å². The quantitative estimate of drug-likeness (QED) is 0.613. The highest BCUT2D eigenvalue weighted by atomic mass is 35.5. The van der Waals surface area contributed by atoms with E-state index in [1.165, 1.54) is 11.1 Å². The molecule has 0 aliphatic carbocycles. The van der Waals surface area contributed by atoms with E-state index in [1.807, 2.05) is 0 Å². The van der Waals surface area contributed by atoms with Gasteiger partial charge in [-0.2, -0.15) is 0 Å². The zero-order chi connectivity index (χ0) is 13.1. The Balaban J connectivity index is 2.21. The highest BCUT2D eigenvalue weighted by Gasteiger charge is 2.35. The van der Waals surface area contributed by atoms with Crippen LogP contribution in [0.25, 0.3) is 0 Å². The van der Waals surface area contributed by atoms with Crippen molar-refractivity contribution in [1.82, 2.24) is 5.16 Å². The van der Waals surface area contributed by atoms with Crippen molar-refractivity contribution in [2.75, 3.05) is 23.9 Å². The Kier molecular flexibility index (Phi) is 3.86. The number of ether oxygens (including phenoxy) is 1. The van der Waals surface area contributed by atoms with Gasteiger partial charge < -0.3 is 9.26 Å². The predicted molar refractivity (Wildman–Crippen MR) is 63.6 cm³/mol. The standard InChI is InChI=1S/C11H13ClN2O4/c1-2-17-11(16)8-5-13-18-10(8)14-6-7(4-12)3-9(14)15/h5,7H,2-4,6H2,1H3. The van der Waals surface area contributed by atoms with Crippen LogP contribution < -0.4 is 4.90 Å². The van der Waals surface area contributed by atoms with Crippen molar-refractivity contribution in [2.45, 2.75) is 13.3 Å². The molecule has 98 valence electrons. The Hall–Kier alpha value is -1.56. The summed E-state index contributed by atoms with van der Waals surface area (Å²) in [5.41, 5.74) is 0.167. The van der Waals surface area contributed by atoms with E-state index in [-0.39, 0.29) is 29.9 Å². The van der Waals surface area contributed by atoms with Gasteiger partial charge in [0.15, 0.2) is 0 Å². The normalized spacial score (nSPS) is 19.3. The van der Waals surface area contributed by atoms with Crippen LogP contribution in [0.1, 0.15) is 23.7 Å². The Bertz CT molecular complexity index is 460. The Morgan fingerprint density at radius 1 is 1.72 bits per heavy atom. The number of amides is 1. The first-order valence-electron chi connectivity index (χ1n) is 5.65. The number of hydrogen-bond acceptors (Lipinski definition) is 5. The number of esters is 1. The maximum atomic E-state index is 11.8. The Labute approximate surface area is 109 Å². The van der Waals surface area contributed by atoms with Gasteiger partial charge in [-0.1, -0.05) is 5.16 Å². The summed E-state index contributed by atoms with van der Waals surface area (Å²) >= 11 is 5.74. The molecular formula is C11H13ClN2O4.